The van der Waals surface area contributed by atoms with Gasteiger partial charge >= 0.3 is 0 Å². The number of ether oxygens (including phenoxy) is 1. The Labute approximate surface area is 174 Å². The van der Waals surface area contributed by atoms with Crippen molar-refractivity contribution in [3.8, 4) is 0 Å². The Morgan fingerprint density at radius 1 is 1.18 bits per heavy atom. The predicted molar refractivity (Wildman–Crippen MR) is 114 cm³/mol. The lowest BCUT2D eigenvalue weighted by Gasteiger charge is -2.37. The van der Waals surface area contributed by atoms with Gasteiger partial charge < -0.3 is 20.7 Å². The molecular formula is C21H34ClN3O3. The first-order valence-electron chi connectivity index (χ1n) is 9.76. The van der Waals surface area contributed by atoms with Gasteiger partial charge in [-0.05, 0) is 37.4 Å². The summed E-state index contributed by atoms with van der Waals surface area (Å²) in [5, 5.41) is 9.32. The van der Waals surface area contributed by atoms with Crippen molar-refractivity contribution in [2.24, 2.45) is 11.3 Å². The highest BCUT2D eigenvalue weighted by Crippen LogP contribution is 2.28. The van der Waals surface area contributed by atoms with Crippen LogP contribution in [0.25, 0.3) is 0 Å². The number of halogens is 1. The first kappa shape index (κ1) is 24.4. The summed E-state index contributed by atoms with van der Waals surface area (Å²) in [7, 11) is 1.70. The van der Waals surface area contributed by atoms with Crippen molar-refractivity contribution in [2.45, 2.75) is 39.2 Å². The minimum atomic E-state index is -0.539. The molecule has 1 aromatic rings. The summed E-state index contributed by atoms with van der Waals surface area (Å²) in [6, 6.07) is 9.02. The Morgan fingerprint density at radius 2 is 1.82 bits per heavy atom. The molecule has 1 heterocycles. The van der Waals surface area contributed by atoms with Crippen molar-refractivity contribution in [1.29, 1.82) is 0 Å². The first-order valence-corrected chi connectivity index (χ1v) is 9.76. The fraction of sp³-hybridized carbons (Fsp3) is 0.619. The maximum Gasteiger partial charge on any atom is 0.242 e. The van der Waals surface area contributed by atoms with Gasteiger partial charge in [-0.1, -0.05) is 44.2 Å². The lowest BCUT2D eigenvalue weighted by atomic mass is 9.79. The van der Waals surface area contributed by atoms with Crippen molar-refractivity contribution in [3.05, 3.63) is 35.9 Å². The number of amides is 2. The molecule has 3 N–H and O–H groups in total. The molecule has 1 unspecified atom stereocenters. The molecule has 0 aromatic heterocycles. The third-order valence-electron chi connectivity index (χ3n) is 5.23. The van der Waals surface area contributed by atoms with Gasteiger partial charge in [0.05, 0.1) is 13.0 Å². The molecule has 0 spiro atoms. The van der Waals surface area contributed by atoms with E-state index in [1.807, 2.05) is 44.2 Å². The van der Waals surface area contributed by atoms with Crippen LogP contribution in [0.4, 0.5) is 0 Å². The Bertz CT molecular complexity index is 599. The second kappa shape index (κ2) is 12.0. The van der Waals surface area contributed by atoms with Crippen molar-refractivity contribution < 1.29 is 14.3 Å². The number of hydrogen-bond acceptors (Lipinski definition) is 4. The molecule has 0 aliphatic carbocycles. The molecule has 2 rings (SSSR count). The molecule has 1 aliphatic heterocycles. The third-order valence-corrected chi connectivity index (χ3v) is 5.23. The van der Waals surface area contributed by atoms with Crippen LogP contribution in [0.3, 0.4) is 0 Å². The van der Waals surface area contributed by atoms with Crippen LogP contribution in [-0.4, -0.2) is 51.2 Å². The van der Waals surface area contributed by atoms with Gasteiger partial charge in [0.2, 0.25) is 11.8 Å². The molecule has 1 fully saturated rings. The van der Waals surface area contributed by atoms with E-state index in [2.05, 4.69) is 16.0 Å². The average molecular weight is 412 g/mol. The van der Waals surface area contributed by atoms with Gasteiger partial charge in [-0.25, -0.2) is 0 Å². The highest BCUT2D eigenvalue weighted by atomic mass is 35.5. The molecule has 6 nitrogen and oxygen atoms in total. The number of piperidine rings is 1. The van der Waals surface area contributed by atoms with Crippen LogP contribution in [0.2, 0.25) is 0 Å². The molecule has 1 atom stereocenters. The highest BCUT2D eigenvalue weighted by molar-refractivity contribution is 5.88. The van der Waals surface area contributed by atoms with Crippen LogP contribution >= 0.6 is 12.4 Å². The number of methoxy groups -OCH3 is 1. The standard InChI is InChI=1S/C21H33N3O3.ClH/c1-16(2)19(24-18(25)13-17-7-5-4-6-8-17)20(26)23-14-21(15-27-3)9-11-22-12-10-21;/h4-8,16,19,22H,9-15H2,1-3H3,(H,23,26)(H,24,25);1H. The quantitative estimate of drug-likeness (QED) is 0.580. The maximum absolute atomic E-state index is 12.8. The average Bonchev–Trinajstić information content (AvgIpc) is 2.66. The van der Waals surface area contributed by atoms with E-state index < -0.39 is 6.04 Å². The number of carbonyl (C=O) groups excluding carboxylic acids is 2. The van der Waals surface area contributed by atoms with Crippen LogP contribution in [0.15, 0.2) is 30.3 Å². The molecule has 1 aliphatic rings. The number of hydrogen-bond donors (Lipinski definition) is 3. The van der Waals surface area contributed by atoms with Crippen LogP contribution in [0, 0.1) is 11.3 Å². The highest BCUT2D eigenvalue weighted by Gasteiger charge is 2.34. The molecular weight excluding hydrogens is 378 g/mol. The van der Waals surface area contributed by atoms with Crippen molar-refractivity contribution in [3.63, 3.8) is 0 Å². The van der Waals surface area contributed by atoms with Gasteiger partial charge in [-0.15, -0.1) is 12.4 Å². The summed E-state index contributed by atoms with van der Waals surface area (Å²) >= 11 is 0. The van der Waals surface area contributed by atoms with Crippen LogP contribution in [0.5, 0.6) is 0 Å². The normalized spacial score (nSPS) is 16.7. The predicted octanol–water partition coefficient (Wildman–Crippen LogP) is 1.92. The lowest BCUT2D eigenvalue weighted by molar-refractivity contribution is -0.130. The van der Waals surface area contributed by atoms with Gasteiger partial charge in [-0.2, -0.15) is 0 Å². The van der Waals surface area contributed by atoms with E-state index in [9.17, 15) is 9.59 Å². The molecule has 158 valence electrons. The van der Waals surface area contributed by atoms with Crippen LogP contribution < -0.4 is 16.0 Å². The summed E-state index contributed by atoms with van der Waals surface area (Å²) in [5.74, 6) is -0.250. The van der Waals surface area contributed by atoms with Gasteiger partial charge in [0.1, 0.15) is 6.04 Å². The SMILES string of the molecule is COCC1(CNC(=O)C(NC(=O)Cc2ccccc2)C(C)C)CCNCC1.Cl. The number of rotatable bonds is 9. The van der Waals surface area contributed by atoms with Gasteiger partial charge in [-0.3, -0.25) is 9.59 Å². The van der Waals surface area contributed by atoms with Gasteiger partial charge in [0, 0.05) is 19.1 Å². The van der Waals surface area contributed by atoms with E-state index in [-0.39, 0.29) is 42.0 Å². The van der Waals surface area contributed by atoms with Crippen LogP contribution in [-0.2, 0) is 20.7 Å². The summed E-state index contributed by atoms with van der Waals surface area (Å²) in [6.07, 6.45) is 2.21. The van der Waals surface area contributed by atoms with E-state index >= 15 is 0 Å². The zero-order valence-corrected chi connectivity index (χ0v) is 17.9. The molecule has 1 saturated heterocycles. The lowest BCUT2D eigenvalue weighted by Crippen LogP contribution is -2.54. The fourth-order valence-corrected chi connectivity index (χ4v) is 3.56. The van der Waals surface area contributed by atoms with E-state index in [0.717, 1.165) is 31.5 Å². The molecule has 2 amide bonds. The molecule has 1 aromatic carbocycles. The molecule has 0 saturated carbocycles. The molecule has 0 bridgehead atoms. The fourth-order valence-electron chi connectivity index (χ4n) is 3.56. The topological polar surface area (TPSA) is 79.5 Å². The maximum atomic E-state index is 12.8. The number of nitrogens with one attached hydrogen (secondary N) is 3. The van der Waals surface area contributed by atoms with Gasteiger partial charge in [0.15, 0.2) is 0 Å². The number of benzene rings is 1. The largest absolute Gasteiger partial charge is 0.384 e. The zero-order chi connectivity index (χ0) is 19.7. The Kier molecular flexibility index (Phi) is 10.5. The van der Waals surface area contributed by atoms with Gasteiger partial charge in [0.25, 0.3) is 0 Å². The van der Waals surface area contributed by atoms with Crippen molar-refractivity contribution >= 4 is 24.2 Å². The smallest absolute Gasteiger partial charge is 0.242 e. The first-order chi connectivity index (χ1) is 13.0. The van der Waals surface area contributed by atoms with E-state index in [1.165, 1.54) is 0 Å². The van der Waals surface area contributed by atoms with Crippen LogP contribution in [0.1, 0.15) is 32.3 Å². The second-order valence-corrected chi connectivity index (χ2v) is 7.85. The Balaban J connectivity index is 0.00000392. The van der Waals surface area contributed by atoms with E-state index in [0.29, 0.717) is 13.2 Å². The summed E-state index contributed by atoms with van der Waals surface area (Å²) in [4.78, 5) is 25.2. The minimum absolute atomic E-state index is 0. The number of carbonyl (C=O) groups is 2. The minimum Gasteiger partial charge on any atom is -0.384 e. The zero-order valence-electron chi connectivity index (χ0n) is 17.1. The Morgan fingerprint density at radius 3 is 2.39 bits per heavy atom. The Hall–Kier alpha value is -1.63. The summed E-state index contributed by atoms with van der Waals surface area (Å²) in [6.45, 7) is 6.95. The molecule has 28 heavy (non-hydrogen) atoms. The molecule has 7 heteroatoms. The van der Waals surface area contributed by atoms with E-state index in [1.54, 1.807) is 7.11 Å². The summed E-state index contributed by atoms with van der Waals surface area (Å²) in [5.41, 5.74) is 0.900. The third kappa shape index (κ3) is 7.41. The van der Waals surface area contributed by atoms with Crippen molar-refractivity contribution in [2.75, 3.05) is 33.4 Å². The van der Waals surface area contributed by atoms with E-state index in [4.69, 9.17) is 4.74 Å². The second-order valence-electron chi connectivity index (χ2n) is 7.85. The summed E-state index contributed by atoms with van der Waals surface area (Å²) < 4.78 is 5.41. The monoisotopic (exact) mass is 411 g/mol. The molecule has 0 radical (unpaired) electrons. The van der Waals surface area contributed by atoms with Crippen molar-refractivity contribution in [1.82, 2.24) is 16.0 Å².